The number of nitrogens with one attached hydrogen (secondary N) is 1. The number of ether oxygens (including phenoxy) is 1. The van der Waals surface area contributed by atoms with Crippen LogP contribution in [0.3, 0.4) is 0 Å². The highest BCUT2D eigenvalue weighted by atomic mass is 16.5. The molecule has 1 aliphatic rings. The Kier molecular flexibility index (Phi) is 5.63. The molecule has 2 aromatic carbocycles. The smallest absolute Gasteiger partial charge is 0.355 e. The molecule has 0 bridgehead atoms. The van der Waals surface area contributed by atoms with Crippen molar-refractivity contribution in [2.45, 2.75) is 39.7 Å². The van der Waals surface area contributed by atoms with Crippen molar-refractivity contribution < 1.29 is 19.1 Å². The van der Waals surface area contributed by atoms with Crippen LogP contribution in [-0.2, 0) is 4.74 Å². The third-order valence-electron chi connectivity index (χ3n) is 5.78. The van der Waals surface area contributed by atoms with E-state index in [1.54, 1.807) is 25.7 Å². The van der Waals surface area contributed by atoms with Crippen LogP contribution in [0.1, 0.15) is 62.2 Å². The van der Waals surface area contributed by atoms with Crippen molar-refractivity contribution in [3.8, 4) is 0 Å². The lowest BCUT2D eigenvalue weighted by molar-refractivity contribution is 0.0519. The maximum absolute atomic E-state index is 13.5. The van der Waals surface area contributed by atoms with E-state index in [1.807, 2.05) is 42.5 Å². The summed E-state index contributed by atoms with van der Waals surface area (Å²) >= 11 is 0. The fourth-order valence-electron chi connectivity index (χ4n) is 4.13. The molecule has 0 aliphatic heterocycles. The van der Waals surface area contributed by atoms with Gasteiger partial charge in [0.1, 0.15) is 5.69 Å². The van der Waals surface area contributed by atoms with Gasteiger partial charge in [0, 0.05) is 22.9 Å². The van der Waals surface area contributed by atoms with Gasteiger partial charge >= 0.3 is 5.97 Å². The standard InChI is InChI=1S/C25H26N2O4/c1-4-31-25(30)23-15(2)22(16(3)26-23)21(28)14-27(18-12-13-18)24(29)20-11-7-9-17-8-5-6-10-19(17)20/h5-11,18,26H,4,12-14H2,1-3H3. The molecule has 6 nitrogen and oxygen atoms in total. The van der Waals surface area contributed by atoms with Crippen LogP contribution >= 0.6 is 0 Å². The number of carbonyl (C=O) groups excluding carboxylic acids is 3. The molecule has 4 rings (SSSR count). The monoisotopic (exact) mass is 418 g/mol. The van der Waals surface area contributed by atoms with E-state index in [0.717, 1.165) is 23.6 Å². The second kappa shape index (κ2) is 8.38. The number of Topliss-reactive ketones (excluding diaryl/α,β-unsaturated/α-hetero) is 1. The van der Waals surface area contributed by atoms with E-state index in [2.05, 4.69) is 4.98 Å². The van der Waals surface area contributed by atoms with E-state index in [0.29, 0.717) is 28.1 Å². The highest BCUT2D eigenvalue weighted by molar-refractivity contribution is 6.10. The van der Waals surface area contributed by atoms with Crippen LogP contribution in [0, 0.1) is 13.8 Å². The largest absolute Gasteiger partial charge is 0.461 e. The molecular weight excluding hydrogens is 392 g/mol. The Morgan fingerprint density at radius 2 is 1.77 bits per heavy atom. The summed E-state index contributed by atoms with van der Waals surface area (Å²) in [4.78, 5) is 43.6. The number of hydrogen-bond acceptors (Lipinski definition) is 4. The summed E-state index contributed by atoms with van der Waals surface area (Å²) in [7, 11) is 0. The number of benzene rings is 2. The molecule has 1 saturated carbocycles. The number of nitrogens with zero attached hydrogens (tertiary/aromatic N) is 1. The molecule has 1 heterocycles. The van der Waals surface area contributed by atoms with Gasteiger partial charge in [-0.25, -0.2) is 4.79 Å². The maximum atomic E-state index is 13.5. The van der Waals surface area contributed by atoms with E-state index in [-0.39, 0.29) is 30.9 Å². The minimum atomic E-state index is -0.479. The predicted octanol–water partition coefficient (Wildman–Crippen LogP) is 4.45. The van der Waals surface area contributed by atoms with E-state index < -0.39 is 5.97 Å². The zero-order valence-corrected chi connectivity index (χ0v) is 18.0. The molecule has 3 aromatic rings. The maximum Gasteiger partial charge on any atom is 0.355 e. The van der Waals surface area contributed by atoms with Crippen LogP contribution in [0.15, 0.2) is 42.5 Å². The minimum Gasteiger partial charge on any atom is -0.461 e. The number of aromatic amines is 1. The Bertz CT molecular complexity index is 1170. The number of amides is 1. The molecule has 0 radical (unpaired) electrons. The Morgan fingerprint density at radius 1 is 1.06 bits per heavy atom. The van der Waals surface area contributed by atoms with Crippen molar-refractivity contribution >= 4 is 28.4 Å². The fraction of sp³-hybridized carbons (Fsp3) is 0.320. The number of rotatable bonds is 7. The Labute approximate surface area is 181 Å². The second-order valence-corrected chi connectivity index (χ2v) is 7.96. The minimum absolute atomic E-state index is 0.0193. The number of aryl methyl sites for hydroxylation is 1. The molecule has 6 heteroatoms. The highest BCUT2D eigenvalue weighted by Gasteiger charge is 2.36. The van der Waals surface area contributed by atoms with Gasteiger partial charge in [0.25, 0.3) is 5.91 Å². The molecule has 0 spiro atoms. The number of aromatic nitrogens is 1. The molecule has 0 unspecified atom stereocenters. The molecule has 1 aliphatic carbocycles. The number of H-pyrrole nitrogens is 1. The normalized spacial score (nSPS) is 13.3. The van der Waals surface area contributed by atoms with Gasteiger partial charge in [-0.15, -0.1) is 0 Å². The van der Waals surface area contributed by atoms with E-state index in [9.17, 15) is 14.4 Å². The topological polar surface area (TPSA) is 79.5 Å². The summed E-state index contributed by atoms with van der Waals surface area (Å²) < 4.78 is 5.08. The number of fused-ring (bicyclic) bond motifs is 1. The molecule has 1 N–H and O–H groups in total. The quantitative estimate of drug-likeness (QED) is 0.454. The molecular formula is C25H26N2O4. The zero-order chi connectivity index (χ0) is 22.1. The Morgan fingerprint density at radius 3 is 2.48 bits per heavy atom. The summed E-state index contributed by atoms with van der Waals surface area (Å²) in [5.41, 5.74) is 2.53. The first-order chi connectivity index (χ1) is 14.9. The summed E-state index contributed by atoms with van der Waals surface area (Å²) in [5, 5.41) is 1.87. The average Bonchev–Trinajstić information content (AvgIpc) is 3.55. The molecule has 31 heavy (non-hydrogen) atoms. The lowest BCUT2D eigenvalue weighted by Crippen LogP contribution is -2.38. The lowest BCUT2D eigenvalue weighted by Gasteiger charge is -2.23. The van der Waals surface area contributed by atoms with E-state index in [1.165, 1.54) is 0 Å². The number of esters is 1. The Hall–Kier alpha value is -3.41. The first-order valence-corrected chi connectivity index (χ1v) is 10.6. The van der Waals surface area contributed by atoms with Gasteiger partial charge in [-0.05, 0) is 56.0 Å². The lowest BCUT2D eigenvalue weighted by atomic mass is 10.0. The van der Waals surface area contributed by atoms with Crippen LogP contribution in [-0.4, -0.2) is 46.7 Å². The Balaban J connectivity index is 1.63. The van der Waals surface area contributed by atoms with E-state index >= 15 is 0 Å². The third-order valence-corrected chi connectivity index (χ3v) is 5.78. The highest BCUT2D eigenvalue weighted by Crippen LogP contribution is 2.31. The van der Waals surface area contributed by atoms with Gasteiger partial charge in [0.15, 0.2) is 5.78 Å². The van der Waals surface area contributed by atoms with Crippen molar-refractivity contribution in [1.82, 2.24) is 9.88 Å². The van der Waals surface area contributed by atoms with Crippen LogP contribution in [0.4, 0.5) is 0 Å². The van der Waals surface area contributed by atoms with Crippen LogP contribution in [0.25, 0.3) is 10.8 Å². The van der Waals surface area contributed by atoms with Gasteiger partial charge < -0.3 is 14.6 Å². The van der Waals surface area contributed by atoms with E-state index in [4.69, 9.17) is 4.74 Å². The van der Waals surface area contributed by atoms with Gasteiger partial charge in [-0.3, -0.25) is 9.59 Å². The van der Waals surface area contributed by atoms with Gasteiger partial charge in [0.05, 0.1) is 13.2 Å². The van der Waals surface area contributed by atoms with Gasteiger partial charge in [-0.2, -0.15) is 0 Å². The number of hydrogen-bond donors (Lipinski definition) is 1. The third kappa shape index (κ3) is 3.98. The van der Waals surface area contributed by atoms with Crippen LogP contribution in [0.5, 0.6) is 0 Å². The van der Waals surface area contributed by atoms with Crippen molar-refractivity contribution in [1.29, 1.82) is 0 Å². The van der Waals surface area contributed by atoms with Crippen LogP contribution in [0.2, 0.25) is 0 Å². The van der Waals surface area contributed by atoms with Crippen LogP contribution < -0.4 is 0 Å². The van der Waals surface area contributed by atoms with Gasteiger partial charge in [-0.1, -0.05) is 36.4 Å². The molecule has 1 aromatic heterocycles. The molecule has 0 atom stereocenters. The molecule has 0 saturated heterocycles. The second-order valence-electron chi connectivity index (χ2n) is 7.96. The summed E-state index contributed by atoms with van der Waals surface area (Å²) in [6.07, 6.45) is 1.78. The predicted molar refractivity (Wildman–Crippen MR) is 119 cm³/mol. The summed E-state index contributed by atoms with van der Waals surface area (Å²) in [6, 6.07) is 13.5. The first kappa shape index (κ1) is 20.8. The van der Waals surface area contributed by atoms with Crippen molar-refractivity contribution in [3.05, 3.63) is 70.5 Å². The van der Waals surface area contributed by atoms with Crippen molar-refractivity contribution in [2.75, 3.05) is 13.2 Å². The average molecular weight is 418 g/mol. The fourth-order valence-corrected chi connectivity index (χ4v) is 4.13. The molecule has 160 valence electrons. The molecule has 1 amide bonds. The van der Waals surface area contributed by atoms with Crippen molar-refractivity contribution in [2.24, 2.45) is 0 Å². The van der Waals surface area contributed by atoms with Gasteiger partial charge in [0.2, 0.25) is 0 Å². The first-order valence-electron chi connectivity index (χ1n) is 10.6. The SMILES string of the molecule is CCOC(=O)c1[nH]c(C)c(C(=O)CN(C(=O)c2cccc3ccccc23)C2CC2)c1C. The van der Waals surface area contributed by atoms with Crippen molar-refractivity contribution in [3.63, 3.8) is 0 Å². The summed E-state index contributed by atoms with van der Waals surface area (Å²) in [6.45, 7) is 5.47. The number of carbonyl (C=O) groups is 3. The summed E-state index contributed by atoms with van der Waals surface area (Å²) in [5.74, 6) is -0.792. The molecule has 1 fully saturated rings. The zero-order valence-electron chi connectivity index (χ0n) is 18.0. The number of ketones is 1.